The second-order valence-corrected chi connectivity index (χ2v) is 6.51. The zero-order chi connectivity index (χ0) is 13.9. The molecule has 2 heterocycles. The maximum Gasteiger partial charge on any atom is 0.118 e. The summed E-state index contributed by atoms with van der Waals surface area (Å²) in [5.74, 6) is 2.14. The lowest BCUT2D eigenvalue weighted by Gasteiger charge is -2.36. The van der Waals surface area contributed by atoms with Crippen LogP contribution in [-0.4, -0.2) is 24.5 Å². The van der Waals surface area contributed by atoms with Crippen LogP contribution in [0.1, 0.15) is 50.7 Å². The molecule has 1 aromatic heterocycles. The van der Waals surface area contributed by atoms with Gasteiger partial charge in [-0.3, -0.25) is 4.90 Å². The Hall–Kier alpha value is -0.800. The Morgan fingerprint density at radius 3 is 2.63 bits per heavy atom. The van der Waals surface area contributed by atoms with Gasteiger partial charge in [0.15, 0.2) is 0 Å². The molecule has 1 saturated heterocycles. The Balaban J connectivity index is 1.90. The number of nitrogens with zero attached hydrogens (tertiary/aromatic N) is 1. The number of nitrogens with one attached hydrogen (secondary N) is 1. The highest BCUT2D eigenvalue weighted by atomic mass is 16.3. The van der Waals surface area contributed by atoms with Crippen LogP contribution < -0.4 is 5.32 Å². The summed E-state index contributed by atoms with van der Waals surface area (Å²) in [7, 11) is 0. The monoisotopic (exact) mass is 264 g/mol. The molecule has 1 aliphatic heterocycles. The van der Waals surface area contributed by atoms with Crippen LogP contribution in [0, 0.1) is 12.3 Å². The summed E-state index contributed by atoms with van der Waals surface area (Å²) in [6.07, 6.45) is 2.60. The number of hydrogen-bond donors (Lipinski definition) is 1. The van der Waals surface area contributed by atoms with Crippen molar-refractivity contribution in [3.63, 3.8) is 0 Å². The molecule has 1 fully saturated rings. The van der Waals surface area contributed by atoms with Gasteiger partial charge in [-0.05, 0) is 50.9 Å². The number of rotatable bonds is 5. The number of aryl methyl sites for hydroxylation is 1. The standard InChI is InChI=1S/C16H28N2O/c1-5-17-11-15-10-14(13(2)19-15)12-18-8-6-16(3,4)7-9-18/h10,17H,5-9,11-12H2,1-4H3. The Bertz CT molecular complexity index is 399. The Morgan fingerprint density at radius 2 is 2.00 bits per heavy atom. The van der Waals surface area contributed by atoms with E-state index in [0.29, 0.717) is 5.41 Å². The van der Waals surface area contributed by atoms with E-state index >= 15 is 0 Å². The predicted octanol–water partition coefficient (Wildman–Crippen LogP) is 3.32. The Labute approximate surface area is 117 Å². The first-order chi connectivity index (χ1) is 9.00. The van der Waals surface area contributed by atoms with Gasteiger partial charge in [-0.2, -0.15) is 0 Å². The number of likely N-dealkylation sites (tertiary alicyclic amines) is 1. The normalized spacial score (nSPS) is 19.8. The summed E-state index contributed by atoms with van der Waals surface area (Å²) in [5.41, 5.74) is 1.88. The van der Waals surface area contributed by atoms with Crippen molar-refractivity contribution in [2.24, 2.45) is 5.41 Å². The molecule has 3 nitrogen and oxygen atoms in total. The molecule has 19 heavy (non-hydrogen) atoms. The molecule has 0 aromatic carbocycles. The molecule has 0 saturated carbocycles. The minimum Gasteiger partial charge on any atom is -0.465 e. The van der Waals surface area contributed by atoms with Gasteiger partial charge < -0.3 is 9.73 Å². The number of furan rings is 1. The molecule has 1 N–H and O–H groups in total. The maximum absolute atomic E-state index is 5.81. The first-order valence-corrected chi connectivity index (χ1v) is 7.51. The van der Waals surface area contributed by atoms with Crippen molar-refractivity contribution in [3.05, 3.63) is 23.2 Å². The van der Waals surface area contributed by atoms with E-state index in [1.54, 1.807) is 0 Å². The van der Waals surface area contributed by atoms with E-state index in [4.69, 9.17) is 4.42 Å². The SMILES string of the molecule is CCNCc1cc(CN2CCC(C)(C)CC2)c(C)o1. The summed E-state index contributed by atoms with van der Waals surface area (Å²) < 4.78 is 5.81. The van der Waals surface area contributed by atoms with E-state index < -0.39 is 0 Å². The Kier molecular flexibility index (Phi) is 4.69. The van der Waals surface area contributed by atoms with Gasteiger partial charge in [0.2, 0.25) is 0 Å². The lowest BCUT2D eigenvalue weighted by Crippen LogP contribution is -2.36. The smallest absolute Gasteiger partial charge is 0.118 e. The lowest BCUT2D eigenvalue weighted by molar-refractivity contribution is 0.126. The van der Waals surface area contributed by atoms with Gasteiger partial charge in [0.25, 0.3) is 0 Å². The molecule has 1 aromatic rings. The summed E-state index contributed by atoms with van der Waals surface area (Å²) in [6.45, 7) is 14.2. The van der Waals surface area contributed by atoms with Gasteiger partial charge in [-0.1, -0.05) is 20.8 Å². The van der Waals surface area contributed by atoms with Crippen molar-refractivity contribution in [2.45, 2.75) is 53.6 Å². The topological polar surface area (TPSA) is 28.4 Å². The van der Waals surface area contributed by atoms with Crippen molar-refractivity contribution in [3.8, 4) is 0 Å². The van der Waals surface area contributed by atoms with Gasteiger partial charge >= 0.3 is 0 Å². The second-order valence-electron chi connectivity index (χ2n) is 6.51. The van der Waals surface area contributed by atoms with E-state index in [1.165, 1.54) is 31.5 Å². The van der Waals surface area contributed by atoms with Crippen molar-refractivity contribution in [1.82, 2.24) is 10.2 Å². The third kappa shape index (κ3) is 4.08. The maximum atomic E-state index is 5.81. The molecule has 3 heteroatoms. The fraction of sp³-hybridized carbons (Fsp3) is 0.750. The average Bonchev–Trinajstić information content (AvgIpc) is 2.70. The molecule has 1 aliphatic rings. The molecular weight excluding hydrogens is 236 g/mol. The summed E-state index contributed by atoms with van der Waals surface area (Å²) in [6, 6.07) is 2.22. The molecule has 0 bridgehead atoms. The van der Waals surface area contributed by atoms with Crippen molar-refractivity contribution in [2.75, 3.05) is 19.6 Å². The van der Waals surface area contributed by atoms with Gasteiger partial charge in [0.1, 0.15) is 11.5 Å². The minimum absolute atomic E-state index is 0.526. The van der Waals surface area contributed by atoms with E-state index in [0.717, 1.165) is 31.2 Å². The highest BCUT2D eigenvalue weighted by molar-refractivity contribution is 5.20. The van der Waals surface area contributed by atoms with Gasteiger partial charge in [0.05, 0.1) is 6.54 Å². The molecule has 108 valence electrons. The van der Waals surface area contributed by atoms with Crippen LogP contribution in [0.4, 0.5) is 0 Å². The molecule has 2 rings (SSSR count). The second kappa shape index (κ2) is 6.10. The highest BCUT2D eigenvalue weighted by Gasteiger charge is 2.25. The third-order valence-corrected chi connectivity index (χ3v) is 4.22. The molecule has 0 unspecified atom stereocenters. The zero-order valence-electron chi connectivity index (χ0n) is 12.9. The summed E-state index contributed by atoms with van der Waals surface area (Å²) in [5, 5.41) is 3.31. The summed E-state index contributed by atoms with van der Waals surface area (Å²) >= 11 is 0. The van der Waals surface area contributed by atoms with Gasteiger partial charge in [-0.15, -0.1) is 0 Å². The van der Waals surface area contributed by atoms with Gasteiger partial charge in [-0.25, -0.2) is 0 Å². The molecular formula is C16H28N2O. The van der Waals surface area contributed by atoms with E-state index in [-0.39, 0.29) is 0 Å². The van der Waals surface area contributed by atoms with Crippen LogP contribution >= 0.6 is 0 Å². The first-order valence-electron chi connectivity index (χ1n) is 7.51. The lowest BCUT2D eigenvalue weighted by atomic mass is 9.82. The zero-order valence-corrected chi connectivity index (χ0v) is 12.9. The number of hydrogen-bond acceptors (Lipinski definition) is 3. The predicted molar refractivity (Wildman–Crippen MR) is 79.1 cm³/mol. The fourth-order valence-electron chi connectivity index (χ4n) is 2.64. The van der Waals surface area contributed by atoms with Crippen molar-refractivity contribution >= 4 is 0 Å². The van der Waals surface area contributed by atoms with Crippen molar-refractivity contribution < 1.29 is 4.42 Å². The van der Waals surface area contributed by atoms with Crippen LogP contribution in [0.25, 0.3) is 0 Å². The van der Waals surface area contributed by atoms with Crippen LogP contribution in [-0.2, 0) is 13.1 Å². The molecule has 0 radical (unpaired) electrons. The summed E-state index contributed by atoms with van der Waals surface area (Å²) in [4.78, 5) is 2.56. The highest BCUT2D eigenvalue weighted by Crippen LogP contribution is 2.30. The van der Waals surface area contributed by atoms with Crippen LogP contribution in [0.2, 0.25) is 0 Å². The van der Waals surface area contributed by atoms with Crippen molar-refractivity contribution in [1.29, 1.82) is 0 Å². The largest absolute Gasteiger partial charge is 0.465 e. The average molecular weight is 264 g/mol. The molecule has 0 aliphatic carbocycles. The van der Waals surface area contributed by atoms with E-state index in [9.17, 15) is 0 Å². The van der Waals surface area contributed by atoms with E-state index in [2.05, 4.69) is 44.0 Å². The molecule has 0 spiro atoms. The fourth-order valence-corrected chi connectivity index (χ4v) is 2.64. The Morgan fingerprint density at radius 1 is 1.32 bits per heavy atom. The van der Waals surface area contributed by atoms with Crippen LogP contribution in [0.3, 0.4) is 0 Å². The van der Waals surface area contributed by atoms with Gasteiger partial charge in [0, 0.05) is 12.1 Å². The molecule has 0 amide bonds. The third-order valence-electron chi connectivity index (χ3n) is 4.22. The minimum atomic E-state index is 0.526. The quantitative estimate of drug-likeness (QED) is 0.884. The van der Waals surface area contributed by atoms with Crippen LogP contribution in [0.15, 0.2) is 10.5 Å². The van der Waals surface area contributed by atoms with E-state index in [1.807, 2.05) is 0 Å². The molecule has 0 atom stereocenters. The van der Waals surface area contributed by atoms with Crippen LogP contribution in [0.5, 0.6) is 0 Å². The number of piperidine rings is 1. The first kappa shape index (κ1) is 14.6.